The summed E-state index contributed by atoms with van der Waals surface area (Å²) in [6, 6.07) is 5.27. The van der Waals surface area contributed by atoms with Crippen LogP contribution < -0.4 is 5.32 Å². The van der Waals surface area contributed by atoms with E-state index in [0.29, 0.717) is 12.5 Å². The summed E-state index contributed by atoms with van der Waals surface area (Å²) in [7, 11) is 0. The van der Waals surface area contributed by atoms with Gasteiger partial charge in [-0.15, -0.1) is 0 Å². The second-order valence-corrected chi connectivity index (χ2v) is 5.26. The van der Waals surface area contributed by atoms with Crippen LogP contribution in [-0.4, -0.2) is 11.5 Å². The fourth-order valence-corrected chi connectivity index (χ4v) is 2.33. The molecule has 0 heterocycles. The van der Waals surface area contributed by atoms with Gasteiger partial charge in [-0.2, -0.15) is 0 Å². The minimum absolute atomic E-state index is 0.213. The quantitative estimate of drug-likeness (QED) is 0.622. The summed E-state index contributed by atoms with van der Waals surface area (Å²) < 4.78 is 0. The molecule has 1 fully saturated rings. The summed E-state index contributed by atoms with van der Waals surface area (Å²) in [6.07, 6.45) is 2.72. The lowest BCUT2D eigenvalue weighted by atomic mass is 10.0. The van der Waals surface area contributed by atoms with Crippen molar-refractivity contribution in [3.05, 3.63) is 39.4 Å². The van der Waals surface area contributed by atoms with Gasteiger partial charge in [-0.1, -0.05) is 19.1 Å². The molecule has 4 heteroatoms. The van der Waals surface area contributed by atoms with Gasteiger partial charge in [-0.05, 0) is 43.7 Å². The van der Waals surface area contributed by atoms with Crippen LogP contribution in [0.15, 0.2) is 18.2 Å². The summed E-state index contributed by atoms with van der Waals surface area (Å²) in [5, 5.41) is 14.2. The zero-order valence-electron chi connectivity index (χ0n) is 11.0. The molecule has 0 amide bonds. The first-order chi connectivity index (χ1) is 8.59. The van der Waals surface area contributed by atoms with Crippen LogP contribution in [0.4, 0.5) is 5.69 Å². The largest absolute Gasteiger partial charge is 0.312 e. The van der Waals surface area contributed by atoms with Gasteiger partial charge in [-0.25, -0.2) is 0 Å². The van der Waals surface area contributed by atoms with E-state index in [1.165, 1.54) is 12.8 Å². The lowest BCUT2D eigenvalue weighted by Crippen LogP contribution is -2.22. The number of hydrogen-bond donors (Lipinski definition) is 1. The van der Waals surface area contributed by atoms with Crippen molar-refractivity contribution >= 4 is 5.69 Å². The molecule has 1 aromatic rings. The monoisotopic (exact) mass is 248 g/mol. The lowest BCUT2D eigenvalue weighted by molar-refractivity contribution is -0.385. The Morgan fingerprint density at radius 2 is 2.22 bits per heavy atom. The first-order valence-corrected chi connectivity index (χ1v) is 6.53. The minimum atomic E-state index is -0.314. The van der Waals surface area contributed by atoms with Crippen LogP contribution in [0.25, 0.3) is 0 Å². The van der Waals surface area contributed by atoms with Crippen LogP contribution in [0, 0.1) is 28.9 Å². The molecule has 1 unspecified atom stereocenters. The Morgan fingerprint density at radius 3 is 2.83 bits per heavy atom. The summed E-state index contributed by atoms with van der Waals surface area (Å²) in [5.41, 5.74) is 2.01. The fourth-order valence-electron chi connectivity index (χ4n) is 2.33. The van der Waals surface area contributed by atoms with Crippen molar-refractivity contribution in [2.24, 2.45) is 11.8 Å². The average Bonchev–Trinajstić information content (AvgIpc) is 3.14. The number of nitrogens with one attached hydrogen (secondary N) is 1. The Balaban J connectivity index is 1.92. The van der Waals surface area contributed by atoms with E-state index in [9.17, 15) is 10.1 Å². The lowest BCUT2D eigenvalue weighted by Gasteiger charge is -2.12. The van der Waals surface area contributed by atoms with E-state index in [1.807, 2.05) is 13.0 Å². The highest BCUT2D eigenvalue weighted by Crippen LogP contribution is 2.36. The number of hydrogen-bond acceptors (Lipinski definition) is 3. The maximum atomic E-state index is 10.8. The third-order valence-electron chi connectivity index (χ3n) is 3.82. The average molecular weight is 248 g/mol. The Kier molecular flexibility index (Phi) is 3.97. The highest BCUT2D eigenvalue weighted by molar-refractivity contribution is 5.44. The molecule has 18 heavy (non-hydrogen) atoms. The topological polar surface area (TPSA) is 55.2 Å². The van der Waals surface area contributed by atoms with E-state index in [2.05, 4.69) is 12.2 Å². The first kappa shape index (κ1) is 13.0. The van der Waals surface area contributed by atoms with E-state index in [0.717, 1.165) is 23.6 Å². The molecule has 0 bridgehead atoms. The number of benzene rings is 1. The van der Waals surface area contributed by atoms with Crippen molar-refractivity contribution in [2.45, 2.75) is 33.2 Å². The van der Waals surface area contributed by atoms with Gasteiger partial charge in [-0.3, -0.25) is 10.1 Å². The van der Waals surface area contributed by atoms with Crippen molar-refractivity contribution in [3.63, 3.8) is 0 Å². The molecule has 0 radical (unpaired) electrons. The standard InChI is InChI=1S/C14H20N2O2/c1-10(12-6-7-12)8-15-9-13-4-3-5-14(11(13)2)16(17)18/h3-5,10,12,15H,6-9H2,1-2H3. The van der Waals surface area contributed by atoms with Crippen molar-refractivity contribution in [1.29, 1.82) is 0 Å². The second kappa shape index (κ2) is 5.48. The van der Waals surface area contributed by atoms with Crippen LogP contribution in [0.2, 0.25) is 0 Å². The molecule has 0 spiro atoms. The van der Waals surface area contributed by atoms with Crippen molar-refractivity contribution in [2.75, 3.05) is 6.54 Å². The molecule has 1 aliphatic carbocycles. The van der Waals surface area contributed by atoms with Gasteiger partial charge < -0.3 is 5.32 Å². The second-order valence-electron chi connectivity index (χ2n) is 5.26. The van der Waals surface area contributed by atoms with Crippen LogP contribution in [0.1, 0.15) is 30.9 Å². The van der Waals surface area contributed by atoms with Gasteiger partial charge in [0.25, 0.3) is 5.69 Å². The summed E-state index contributed by atoms with van der Waals surface area (Å²) in [4.78, 5) is 10.5. The van der Waals surface area contributed by atoms with Crippen molar-refractivity contribution in [1.82, 2.24) is 5.32 Å². The van der Waals surface area contributed by atoms with Gasteiger partial charge in [0, 0.05) is 18.2 Å². The maximum absolute atomic E-state index is 10.8. The van der Waals surface area contributed by atoms with Gasteiger partial charge in [0.15, 0.2) is 0 Å². The van der Waals surface area contributed by atoms with Crippen LogP contribution in [0.5, 0.6) is 0 Å². The van der Waals surface area contributed by atoms with E-state index in [1.54, 1.807) is 12.1 Å². The normalized spacial score (nSPS) is 16.6. The SMILES string of the molecule is Cc1c(CNCC(C)C2CC2)cccc1[N+](=O)[O-]. The molecule has 4 nitrogen and oxygen atoms in total. The zero-order chi connectivity index (χ0) is 13.1. The third kappa shape index (κ3) is 3.07. The Morgan fingerprint density at radius 1 is 1.50 bits per heavy atom. The Bertz CT molecular complexity index is 441. The van der Waals surface area contributed by atoms with E-state index in [4.69, 9.17) is 0 Å². The van der Waals surface area contributed by atoms with E-state index >= 15 is 0 Å². The fraction of sp³-hybridized carbons (Fsp3) is 0.571. The third-order valence-corrected chi connectivity index (χ3v) is 3.82. The van der Waals surface area contributed by atoms with E-state index in [-0.39, 0.29) is 10.6 Å². The number of nitro benzene ring substituents is 1. The highest BCUT2D eigenvalue weighted by Gasteiger charge is 2.27. The van der Waals surface area contributed by atoms with Gasteiger partial charge in [0.2, 0.25) is 0 Å². The maximum Gasteiger partial charge on any atom is 0.272 e. The van der Waals surface area contributed by atoms with Crippen LogP contribution in [0.3, 0.4) is 0 Å². The molecular weight excluding hydrogens is 228 g/mol. The van der Waals surface area contributed by atoms with Gasteiger partial charge in [0.05, 0.1) is 4.92 Å². The minimum Gasteiger partial charge on any atom is -0.312 e. The number of rotatable bonds is 6. The summed E-state index contributed by atoms with van der Waals surface area (Å²) in [5.74, 6) is 1.60. The summed E-state index contributed by atoms with van der Waals surface area (Å²) >= 11 is 0. The molecule has 0 aromatic heterocycles. The molecule has 0 aliphatic heterocycles. The van der Waals surface area contributed by atoms with Crippen molar-refractivity contribution in [3.8, 4) is 0 Å². The molecule has 1 atom stereocenters. The Hall–Kier alpha value is -1.42. The van der Waals surface area contributed by atoms with Gasteiger partial charge >= 0.3 is 0 Å². The zero-order valence-corrected chi connectivity index (χ0v) is 11.0. The Labute approximate surface area is 108 Å². The molecule has 1 N–H and O–H groups in total. The smallest absolute Gasteiger partial charge is 0.272 e. The highest BCUT2D eigenvalue weighted by atomic mass is 16.6. The molecule has 0 saturated heterocycles. The van der Waals surface area contributed by atoms with Gasteiger partial charge in [0.1, 0.15) is 0 Å². The number of nitrogens with zero attached hydrogens (tertiary/aromatic N) is 1. The molecule has 98 valence electrons. The molecule has 1 aliphatic rings. The first-order valence-electron chi connectivity index (χ1n) is 6.53. The van der Waals surface area contributed by atoms with E-state index < -0.39 is 0 Å². The molecule has 2 rings (SSSR count). The predicted molar refractivity (Wildman–Crippen MR) is 71.4 cm³/mol. The van der Waals surface area contributed by atoms with Crippen LogP contribution >= 0.6 is 0 Å². The molecular formula is C14H20N2O2. The van der Waals surface area contributed by atoms with Crippen LogP contribution in [-0.2, 0) is 6.54 Å². The predicted octanol–water partition coefficient (Wildman–Crippen LogP) is 3.04. The number of nitro groups is 1. The van der Waals surface area contributed by atoms with Crippen molar-refractivity contribution < 1.29 is 4.92 Å². The summed E-state index contributed by atoms with van der Waals surface area (Å²) in [6.45, 7) is 5.79. The molecule has 1 aromatic carbocycles. The molecule has 1 saturated carbocycles.